The number of benzene rings is 4. The Morgan fingerprint density at radius 3 is 1.97 bits per heavy atom. The van der Waals surface area contributed by atoms with Crippen LogP contribution in [0, 0.1) is 18.3 Å². The van der Waals surface area contributed by atoms with E-state index < -0.39 is 45.9 Å². The van der Waals surface area contributed by atoms with Crippen LogP contribution in [0.25, 0.3) is 10.4 Å². The van der Waals surface area contributed by atoms with Crippen molar-refractivity contribution in [3.63, 3.8) is 0 Å². The summed E-state index contributed by atoms with van der Waals surface area (Å²) in [6.07, 6.45) is 4.37. The van der Waals surface area contributed by atoms with Gasteiger partial charge in [0, 0.05) is 68.3 Å². The zero-order valence-electron chi connectivity index (χ0n) is 53.8. The van der Waals surface area contributed by atoms with Crippen molar-refractivity contribution in [2.45, 2.75) is 161 Å². The standard InChI is InChI=1S/C70H88Cl2N10O7S/c1-11-89-56-41-51(66(3,4)5)24-29-54(56)60-76-68(9,49-20-25-52(71)26-21-49)69(10,50-22-27-53(72)28-23-50)82(60)65(88)80-39-37-78(38-40-80)43-57(83)79-35-30-48(31-36-79)61(84)77-70(32-12-13-33-70)64(87)75-59(67(6,7)8)63(86)81-34-14-15-55(81)62(85)73-42-46-16-18-47(19-17-46)58-45(2)74-44-90-58/h16-29,41,44,48,55,59H,11-15,30-40,42-43H2,1-10H3,(H,73,85)(H,75,87)(H,77,84)/t55-,59+,68-,69+/m0/s1. The number of piperidine rings is 1. The molecule has 20 heteroatoms. The highest BCUT2D eigenvalue weighted by molar-refractivity contribution is 7.13. The predicted molar refractivity (Wildman–Crippen MR) is 355 cm³/mol. The SMILES string of the molecule is CCOc1cc(C(C)(C)C)ccc1C1=N[C@@](C)(c2ccc(Cl)cc2)[C@@](C)(c2ccc(Cl)cc2)N1C(=O)N1CCN(CC(=O)N2CCC(C(=O)NC3(C(=O)N[C@H](C(=O)N4CCC[C@H]4C(=O)NCc4ccc(-c5scnc5C)cc4)C(C)(C)C)CCCC3)CC2)CC1. The largest absolute Gasteiger partial charge is 0.493 e. The Kier molecular flexibility index (Phi) is 19.7. The monoisotopic (exact) mass is 1280 g/mol. The van der Waals surface area contributed by atoms with Crippen molar-refractivity contribution < 1.29 is 33.5 Å². The molecule has 5 aliphatic rings. The van der Waals surface area contributed by atoms with Gasteiger partial charge >= 0.3 is 6.03 Å². The van der Waals surface area contributed by atoms with Gasteiger partial charge in [-0.3, -0.25) is 38.8 Å². The van der Waals surface area contributed by atoms with Crippen molar-refractivity contribution in [2.75, 3.05) is 59.0 Å². The summed E-state index contributed by atoms with van der Waals surface area (Å²) in [7, 11) is 0. The summed E-state index contributed by atoms with van der Waals surface area (Å²) >= 11 is 14.6. The molecule has 17 nitrogen and oxygen atoms in total. The number of aryl methyl sites for hydroxylation is 1. The molecule has 7 amide bonds. The summed E-state index contributed by atoms with van der Waals surface area (Å²) in [5, 5.41) is 10.5. The van der Waals surface area contributed by atoms with E-state index in [1.165, 1.54) is 0 Å². The molecule has 0 unspecified atom stereocenters. The summed E-state index contributed by atoms with van der Waals surface area (Å²) in [5.74, 6) is -0.541. The van der Waals surface area contributed by atoms with E-state index in [9.17, 15) is 24.0 Å². The molecule has 4 fully saturated rings. The van der Waals surface area contributed by atoms with Crippen LogP contribution >= 0.6 is 34.5 Å². The lowest BCUT2D eigenvalue weighted by molar-refractivity contribution is -0.145. The van der Waals surface area contributed by atoms with Gasteiger partial charge in [0.1, 0.15) is 40.3 Å². The van der Waals surface area contributed by atoms with Crippen LogP contribution in [0.15, 0.2) is 101 Å². The Morgan fingerprint density at radius 1 is 0.744 bits per heavy atom. The topological polar surface area (TPSA) is 189 Å². The number of hydrogen-bond acceptors (Lipinski definition) is 11. The molecular weight excluding hydrogens is 1200 g/mol. The molecule has 0 spiro atoms. The number of aliphatic imine (C=N–C) groups is 1. The van der Waals surface area contributed by atoms with E-state index in [2.05, 4.69) is 72.6 Å². The fourth-order valence-electron chi connectivity index (χ4n) is 13.7. The molecule has 5 aromatic rings. The Balaban J connectivity index is 0.760. The third-order valence-corrected chi connectivity index (χ3v) is 20.9. The molecular formula is C70H88Cl2N10O7S. The smallest absolute Gasteiger partial charge is 0.326 e. The second-order valence-corrected chi connectivity index (χ2v) is 29.2. The zero-order chi connectivity index (χ0) is 64.5. The van der Waals surface area contributed by atoms with Gasteiger partial charge in [0.25, 0.3) is 0 Å². The Hall–Kier alpha value is -6.86. The number of likely N-dealkylation sites (tertiary alicyclic amines) is 2. The quantitative estimate of drug-likeness (QED) is 0.0863. The number of carbonyl (C=O) groups excluding carboxylic acids is 6. The lowest BCUT2D eigenvalue weighted by Crippen LogP contribution is -2.64. The molecule has 4 aliphatic heterocycles. The first-order valence-electron chi connectivity index (χ1n) is 31.9. The zero-order valence-corrected chi connectivity index (χ0v) is 56.2. The fraction of sp³-hybridized carbons (Fsp3) is 0.514. The van der Waals surface area contributed by atoms with Crippen LogP contribution in [-0.4, -0.2) is 147 Å². The van der Waals surface area contributed by atoms with Gasteiger partial charge in [-0.05, 0) is 141 Å². The van der Waals surface area contributed by atoms with Crippen LogP contribution in [0.5, 0.6) is 5.75 Å². The number of piperazine rings is 1. The number of carbonyl (C=O) groups is 6. The van der Waals surface area contributed by atoms with Crippen molar-refractivity contribution >= 4 is 75.9 Å². The third-order valence-electron chi connectivity index (χ3n) is 19.5. The highest BCUT2D eigenvalue weighted by atomic mass is 35.5. The third kappa shape index (κ3) is 13.5. The van der Waals surface area contributed by atoms with Crippen LogP contribution in [-0.2, 0) is 47.0 Å². The summed E-state index contributed by atoms with van der Waals surface area (Å²) in [6.45, 7) is 23.9. The molecule has 0 radical (unpaired) electrons. The van der Waals surface area contributed by atoms with Gasteiger partial charge in [-0.1, -0.05) is 132 Å². The molecule has 4 aromatic carbocycles. The van der Waals surface area contributed by atoms with Gasteiger partial charge < -0.3 is 35.4 Å². The van der Waals surface area contributed by atoms with Gasteiger partial charge in [0.15, 0.2) is 0 Å². The Bertz CT molecular complexity index is 3490. The van der Waals surface area contributed by atoms with Gasteiger partial charge in [-0.15, -0.1) is 11.3 Å². The highest BCUT2D eigenvalue weighted by Crippen LogP contribution is 2.54. The molecule has 3 N–H and O–H groups in total. The highest BCUT2D eigenvalue weighted by Gasteiger charge is 2.60. The van der Waals surface area contributed by atoms with E-state index in [4.69, 9.17) is 32.9 Å². The molecule has 5 heterocycles. The number of nitrogens with one attached hydrogen (secondary N) is 3. The maximum atomic E-state index is 15.7. The number of ether oxygens (including phenoxy) is 1. The van der Waals surface area contributed by atoms with Crippen LogP contribution in [0.3, 0.4) is 0 Å². The molecule has 4 atom stereocenters. The summed E-state index contributed by atoms with van der Waals surface area (Å²) in [5.41, 5.74) is 4.05. The van der Waals surface area contributed by atoms with Gasteiger partial charge in [-0.25, -0.2) is 9.78 Å². The minimum Gasteiger partial charge on any atom is -0.493 e. The Morgan fingerprint density at radius 2 is 1.38 bits per heavy atom. The van der Waals surface area contributed by atoms with Crippen LogP contribution in [0.4, 0.5) is 4.79 Å². The Labute approximate surface area is 544 Å². The fourth-order valence-corrected chi connectivity index (χ4v) is 14.8. The molecule has 1 saturated carbocycles. The number of amides is 7. The van der Waals surface area contributed by atoms with E-state index in [1.54, 1.807) is 16.2 Å². The first kappa shape index (κ1) is 66.1. The van der Waals surface area contributed by atoms with Crippen molar-refractivity contribution in [1.29, 1.82) is 0 Å². The lowest BCUT2D eigenvalue weighted by atomic mass is 9.71. The second-order valence-electron chi connectivity index (χ2n) is 27.4. The van der Waals surface area contributed by atoms with Crippen LogP contribution < -0.4 is 20.7 Å². The molecule has 3 saturated heterocycles. The van der Waals surface area contributed by atoms with E-state index in [1.807, 2.05) is 134 Å². The first-order valence-corrected chi connectivity index (χ1v) is 33.6. The summed E-state index contributed by atoms with van der Waals surface area (Å²) in [6, 6.07) is 27.6. The number of halogens is 2. The number of hydrogen-bond donors (Lipinski definition) is 3. The molecule has 480 valence electrons. The van der Waals surface area contributed by atoms with Gasteiger partial charge in [0.05, 0.1) is 34.8 Å². The number of nitrogens with zero attached hydrogens (tertiary/aromatic N) is 7. The van der Waals surface area contributed by atoms with Crippen LogP contribution in [0.2, 0.25) is 10.0 Å². The lowest BCUT2D eigenvalue weighted by Gasteiger charge is -2.47. The van der Waals surface area contributed by atoms with Crippen molar-refractivity contribution in [3.05, 3.63) is 140 Å². The number of aromatic nitrogens is 1. The minimum atomic E-state index is -1.20. The maximum Gasteiger partial charge on any atom is 0.326 e. The number of thiazole rings is 1. The average molecular weight is 1280 g/mol. The predicted octanol–water partition coefficient (Wildman–Crippen LogP) is 11.3. The molecule has 1 aromatic heterocycles. The molecule has 0 bridgehead atoms. The normalized spacial score (nSPS) is 21.9. The second kappa shape index (κ2) is 26.8. The van der Waals surface area contributed by atoms with Gasteiger partial charge in [0.2, 0.25) is 29.5 Å². The van der Waals surface area contributed by atoms with E-state index in [-0.39, 0.29) is 41.6 Å². The van der Waals surface area contributed by atoms with Crippen molar-refractivity contribution in [1.82, 2.24) is 45.4 Å². The maximum absolute atomic E-state index is 15.7. The van der Waals surface area contributed by atoms with Crippen LogP contribution in [0.1, 0.15) is 147 Å². The number of urea groups is 1. The minimum absolute atomic E-state index is 0.0472. The molecule has 1 aliphatic carbocycles. The van der Waals surface area contributed by atoms with E-state index in [0.29, 0.717) is 125 Å². The number of rotatable bonds is 16. The van der Waals surface area contributed by atoms with Gasteiger partial charge in [-0.2, -0.15) is 0 Å². The molecule has 10 rings (SSSR count). The molecule has 90 heavy (non-hydrogen) atoms. The summed E-state index contributed by atoms with van der Waals surface area (Å²) < 4.78 is 6.40. The van der Waals surface area contributed by atoms with Crippen molar-refractivity contribution in [2.24, 2.45) is 16.3 Å². The number of amidine groups is 1. The average Bonchev–Trinajstić information content (AvgIpc) is 1.52. The first-order chi connectivity index (χ1) is 42.7. The van der Waals surface area contributed by atoms with E-state index >= 15 is 4.79 Å². The summed E-state index contributed by atoms with van der Waals surface area (Å²) in [4.78, 5) is 107. The van der Waals surface area contributed by atoms with Crippen molar-refractivity contribution in [3.8, 4) is 16.2 Å². The van der Waals surface area contributed by atoms with E-state index in [0.717, 1.165) is 51.2 Å².